The fraction of sp³-hybridized carbons (Fsp3) is 0.265. The number of Topliss-reactive ketones (excluding diaryl/α,β-unsaturated/α-hetero) is 1. The lowest BCUT2D eigenvalue weighted by Gasteiger charge is -2.30. The largest absolute Gasteiger partial charge is 0.454 e. The number of ketones is 1. The Bertz CT molecular complexity index is 1770. The van der Waals surface area contributed by atoms with Gasteiger partial charge in [-0.1, -0.05) is 77.8 Å². The van der Waals surface area contributed by atoms with Crippen LogP contribution in [0, 0.1) is 0 Å². The number of carbonyl (C=O) groups excluding carboxylic acids is 6. The Kier molecular flexibility index (Phi) is 13.9. The maximum atomic E-state index is 14.3. The van der Waals surface area contributed by atoms with Gasteiger partial charge in [0.1, 0.15) is 30.8 Å². The number of fused-ring (bicyclic) bond motifs is 1. The van der Waals surface area contributed by atoms with Crippen LogP contribution >= 0.6 is 23.2 Å². The van der Waals surface area contributed by atoms with Crippen molar-refractivity contribution in [2.45, 2.75) is 50.4 Å². The minimum atomic E-state index is -1.41. The number of hydrazine groups is 1. The molecule has 15 nitrogen and oxygen atoms in total. The molecule has 0 saturated carbocycles. The Balaban J connectivity index is 1.52. The highest BCUT2D eigenvalue weighted by molar-refractivity contribution is 6.39. The third-order valence-electron chi connectivity index (χ3n) is 7.77. The number of para-hydroxylation sites is 1. The third kappa shape index (κ3) is 10.3. The van der Waals surface area contributed by atoms with Crippen LogP contribution in [0.1, 0.15) is 40.7 Å². The van der Waals surface area contributed by atoms with Crippen LogP contribution in [-0.4, -0.2) is 66.5 Å². The van der Waals surface area contributed by atoms with E-state index in [1.165, 1.54) is 23.1 Å². The quantitative estimate of drug-likeness (QED) is 0.0358. The molecule has 17 heteroatoms. The van der Waals surface area contributed by atoms with Crippen molar-refractivity contribution in [1.29, 1.82) is 0 Å². The van der Waals surface area contributed by atoms with Crippen LogP contribution < -0.4 is 32.6 Å². The highest BCUT2D eigenvalue weighted by atomic mass is 35.5. The smallest absolute Gasteiger partial charge is 0.408 e. The summed E-state index contributed by atoms with van der Waals surface area (Å²) in [6.07, 6.45) is -0.931. The fourth-order valence-electron chi connectivity index (χ4n) is 5.27. The van der Waals surface area contributed by atoms with Crippen LogP contribution in [0.2, 0.25) is 10.0 Å². The summed E-state index contributed by atoms with van der Waals surface area (Å²) in [6.45, 7) is -0.886. The molecule has 0 radical (unpaired) electrons. The third-order valence-corrected chi connectivity index (χ3v) is 8.40. The van der Waals surface area contributed by atoms with E-state index >= 15 is 0 Å². The normalized spacial score (nSPS) is 14.8. The maximum Gasteiger partial charge on any atom is 0.408 e. The predicted octanol–water partition coefficient (Wildman–Crippen LogP) is 2.56. The molecule has 0 saturated heterocycles. The summed E-state index contributed by atoms with van der Waals surface area (Å²) in [6, 6.07) is 16.1. The molecule has 0 bridgehead atoms. The van der Waals surface area contributed by atoms with E-state index < -0.39 is 60.8 Å². The van der Waals surface area contributed by atoms with Gasteiger partial charge in [0.05, 0.1) is 21.7 Å². The van der Waals surface area contributed by atoms with Crippen molar-refractivity contribution >= 4 is 70.7 Å². The number of anilines is 1. The molecule has 3 atom stereocenters. The van der Waals surface area contributed by atoms with Gasteiger partial charge in [0.2, 0.25) is 11.8 Å². The number of nitrogens with one attached hydrogen (secondary N) is 3. The number of rotatable bonds is 16. The number of ether oxygens (including phenoxy) is 2. The summed E-state index contributed by atoms with van der Waals surface area (Å²) < 4.78 is 10.4. The standard InChI is InChI=1S/C34H35Cl2N7O8/c35-22-10-6-11-23(36)30(22)33(48)50-19-28(45)24(15-16-44)39-31(46)27-17-21-9-4-5-12-26(21)43(27)32(47)25(13-14-29(37)41-42-38)40-34(49)51-18-20-7-2-1-3-8-20/h1-12,16,24-25,27,42H,13-15,17-19,38H2,(H2,37,41)(H,39,46)(H,40,49). The van der Waals surface area contributed by atoms with Crippen molar-refractivity contribution < 1.29 is 38.2 Å². The maximum absolute atomic E-state index is 14.3. The predicted molar refractivity (Wildman–Crippen MR) is 188 cm³/mol. The number of amidine groups is 1. The van der Waals surface area contributed by atoms with Crippen LogP contribution in [0.5, 0.6) is 0 Å². The molecule has 51 heavy (non-hydrogen) atoms. The van der Waals surface area contributed by atoms with E-state index in [4.69, 9.17) is 44.3 Å². The summed E-state index contributed by atoms with van der Waals surface area (Å²) >= 11 is 12.1. The number of amides is 3. The van der Waals surface area contributed by atoms with Crippen molar-refractivity contribution in [3.8, 4) is 0 Å². The molecule has 0 spiro atoms. The molecular formula is C34H35Cl2N7O8. The second kappa shape index (κ2) is 18.5. The number of hydrogen-bond acceptors (Lipinski definition) is 11. The number of hydrogen-bond donors (Lipinski definition) is 5. The molecular weight excluding hydrogens is 705 g/mol. The first kappa shape index (κ1) is 38.3. The van der Waals surface area contributed by atoms with E-state index in [2.05, 4.69) is 21.3 Å². The van der Waals surface area contributed by atoms with E-state index in [1.54, 1.807) is 48.5 Å². The lowest BCUT2D eigenvalue weighted by molar-refractivity contribution is -0.131. The molecule has 3 aromatic carbocycles. The van der Waals surface area contributed by atoms with Gasteiger partial charge < -0.3 is 30.6 Å². The molecule has 1 aliphatic rings. The molecule has 3 amide bonds. The second-order valence-corrected chi connectivity index (χ2v) is 12.0. The Morgan fingerprint density at radius 3 is 2.29 bits per heavy atom. The van der Waals surface area contributed by atoms with Gasteiger partial charge in [-0.2, -0.15) is 5.10 Å². The van der Waals surface area contributed by atoms with Gasteiger partial charge in [0, 0.05) is 24.9 Å². The highest BCUT2D eigenvalue weighted by Gasteiger charge is 2.42. The van der Waals surface area contributed by atoms with Crippen LogP contribution in [0.3, 0.4) is 0 Å². The van der Waals surface area contributed by atoms with E-state index in [0.717, 1.165) is 0 Å². The van der Waals surface area contributed by atoms with Gasteiger partial charge in [-0.25, -0.2) is 21.0 Å². The molecule has 7 N–H and O–H groups in total. The number of aldehydes is 1. The molecule has 4 rings (SSSR count). The van der Waals surface area contributed by atoms with Crippen LogP contribution in [-0.2, 0) is 41.7 Å². The zero-order chi connectivity index (χ0) is 36.9. The molecule has 3 unspecified atom stereocenters. The number of esters is 1. The summed E-state index contributed by atoms with van der Waals surface area (Å²) in [4.78, 5) is 79.5. The van der Waals surface area contributed by atoms with Crippen LogP contribution in [0.25, 0.3) is 0 Å². The van der Waals surface area contributed by atoms with Gasteiger partial charge in [0.25, 0.3) is 0 Å². The lowest BCUT2D eigenvalue weighted by atomic mass is 10.1. The summed E-state index contributed by atoms with van der Waals surface area (Å²) in [5.41, 5.74) is 9.53. The molecule has 0 fully saturated rings. The number of carbonyl (C=O) groups is 6. The number of hydrazone groups is 1. The lowest BCUT2D eigenvalue weighted by Crippen LogP contribution is -2.57. The first-order valence-electron chi connectivity index (χ1n) is 15.6. The fourth-order valence-corrected chi connectivity index (χ4v) is 5.82. The first-order valence-corrected chi connectivity index (χ1v) is 16.3. The number of nitrogens with two attached hydrogens (primary N) is 2. The van der Waals surface area contributed by atoms with Crippen molar-refractivity contribution in [2.24, 2.45) is 16.7 Å². The van der Waals surface area contributed by atoms with E-state index in [9.17, 15) is 28.8 Å². The van der Waals surface area contributed by atoms with E-state index in [0.29, 0.717) is 23.1 Å². The molecule has 0 aromatic heterocycles. The van der Waals surface area contributed by atoms with Crippen molar-refractivity contribution in [2.75, 3.05) is 11.5 Å². The first-order chi connectivity index (χ1) is 24.5. The van der Waals surface area contributed by atoms with Crippen LogP contribution in [0.4, 0.5) is 10.5 Å². The Hall–Kier alpha value is -5.51. The van der Waals surface area contributed by atoms with Gasteiger partial charge in [-0.05, 0) is 35.7 Å². The van der Waals surface area contributed by atoms with Crippen molar-refractivity contribution in [3.63, 3.8) is 0 Å². The SMILES string of the molecule is NN/N=C(\N)CCC(NC(=O)OCc1ccccc1)C(=O)N1c2ccccc2CC1C(=O)NC(CC=O)C(=O)COC(=O)c1c(Cl)cccc1Cl. The number of alkyl carbamates (subject to hydrolysis) is 1. The average molecular weight is 741 g/mol. The zero-order valence-electron chi connectivity index (χ0n) is 27.1. The second-order valence-electron chi connectivity index (χ2n) is 11.2. The van der Waals surface area contributed by atoms with Crippen molar-refractivity contribution in [3.05, 3.63) is 99.5 Å². The summed E-state index contributed by atoms with van der Waals surface area (Å²) in [7, 11) is 0. The van der Waals surface area contributed by atoms with Crippen LogP contribution in [0.15, 0.2) is 77.9 Å². The highest BCUT2D eigenvalue weighted by Crippen LogP contribution is 2.33. The Morgan fingerprint density at radius 2 is 1.61 bits per heavy atom. The molecule has 1 aliphatic heterocycles. The average Bonchev–Trinajstić information content (AvgIpc) is 3.51. The molecule has 3 aromatic rings. The Morgan fingerprint density at radius 1 is 0.922 bits per heavy atom. The summed E-state index contributed by atoms with van der Waals surface area (Å²) in [5.74, 6) is 2.02. The molecule has 0 aliphatic carbocycles. The van der Waals surface area contributed by atoms with Crippen molar-refractivity contribution in [1.82, 2.24) is 16.2 Å². The number of halogens is 2. The molecule has 1 heterocycles. The van der Waals surface area contributed by atoms with E-state index in [1.807, 2.05) is 6.07 Å². The minimum absolute atomic E-state index is 0.00604. The van der Waals surface area contributed by atoms with E-state index in [-0.39, 0.29) is 47.3 Å². The zero-order valence-corrected chi connectivity index (χ0v) is 28.6. The number of nitrogens with zero attached hydrogens (tertiary/aromatic N) is 2. The Labute approximate surface area is 302 Å². The van der Waals surface area contributed by atoms with Gasteiger partial charge in [0.15, 0.2) is 12.4 Å². The molecule has 268 valence electrons. The van der Waals surface area contributed by atoms with Gasteiger partial charge >= 0.3 is 12.1 Å². The minimum Gasteiger partial charge on any atom is -0.454 e. The van der Waals surface area contributed by atoms with Gasteiger partial charge in [-0.15, -0.1) is 0 Å². The topological polar surface area (TPSA) is 225 Å². The monoisotopic (exact) mass is 739 g/mol. The summed E-state index contributed by atoms with van der Waals surface area (Å²) in [5, 5.41) is 8.79. The van der Waals surface area contributed by atoms with Gasteiger partial charge in [-0.3, -0.25) is 19.3 Å². The number of benzene rings is 3.